The number of fused-ring (bicyclic) bond motifs is 2. The lowest BCUT2D eigenvalue weighted by Gasteiger charge is -2.22. The third-order valence-corrected chi connectivity index (χ3v) is 5.75. The number of carbonyl (C=O) groups is 4. The second-order valence-electron chi connectivity index (χ2n) is 7.42. The molecule has 1 atom stereocenters. The molecule has 2 aliphatic heterocycles. The fourth-order valence-corrected chi connectivity index (χ4v) is 4.27. The zero-order chi connectivity index (χ0) is 22.2. The number of hydrogen-bond donors (Lipinski definition) is 1. The first-order valence-electron chi connectivity index (χ1n) is 9.65. The number of nitrogens with zero attached hydrogens (tertiary/aromatic N) is 2. The molecule has 1 fully saturated rings. The first-order valence-corrected chi connectivity index (χ1v) is 10.0. The second kappa shape index (κ2) is 8.13. The van der Waals surface area contributed by atoms with Crippen LogP contribution in [0, 0.1) is 0 Å². The van der Waals surface area contributed by atoms with E-state index in [2.05, 4.69) is 0 Å². The molecule has 2 aromatic rings. The van der Waals surface area contributed by atoms with Gasteiger partial charge in [0.15, 0.2) is 5.41 Å². The molecule has 0 aromatic heterocycles. The summed E-state index contributed by atoms with van der Waals surface area (Å²) in [4.78, 5) is 52.6. The lowest BCUT2D eigenvalue weighted by atomic mass is 9.80. The minimum atomic E-state index is -1.79. The first kappa shape index (κ1) is 21.0. The van der Waals surface area contributed by atoms with Crippen LogP contribution < -0.4 is 4.90 Å². The van der Waals surface area contributed by atoms with Gasteiger partial charge in [-0.2, -0.15) is 0 Å². The molecule has 2 heterocycles. The number of halogens is 1. The molecule has 0 saturated carbocycles. The summed E-state index contributed by atoms with van der Waals surface area (Å²) in [6, 6.07) is 13.9. The highest BCUT2D eigenvalue weighted by Crippen LogP contribution is 2.49. The van der Waals surface area contributed by atoms with Gasteiger partial charge < -0.3 is 9.84 Å². The highest BCUT2D eigenvalue weighted by Gasteiger charge is 2.63. The van der Waals surface area contributed by atoms with E-state index in [0.29, 0.717) is 6.61 Å². The molecule has 0 bridgehead atoms. The first-order chi connectivity index (χ1) is 14.8. The van der Waals surface area contributed by atoms with E-state index in [1.54, 1.807) is 0 Å². The summed E-state index contributed by atoms with van der Waals surface area (Å²) < 4.78 is 5.58. The molecule has 1 saturated heterocycles. The van der Waals surface area contributed by atoms with Crippen molar-refractivity contribution in [1.82, 2.24) is 4.90 Å². The van der Waals surface area contributed by atoms with Crippen LogP contribution in [0.3, 0.4) is 0 Å². The number of amides is 3. The Hall–Kier alpha value is -3.23. The molecule has 2 aromatic carbocycles. The van der Waals surface area contributed by atoms with Gasteiger partial charge in [0.1, 0.15) is 6.54 Å². The van der Waals surface area contributed by atoms with Crippen molar-refractivity contribution >= 4 is 41.0 Å². The van der Waals surface area contributed by atoms with Gasteiger partial charge in [-0.05, 0) is 23.8 Å². The molecule has 1 unspecified atom stereocenters. The van der Waals surface area contributed by atoms with Crippen molar-refractivity contribution < 1.29 is 29.0 Å². The highest BCUT2D eigenvalue weighted by molar-refractivity contribution is 6.32. The maximum absolute atomic E-state index is 13.3. The van der Waals surface area contributed by atoms with Crippen LogP contribution >= 0.6 is 11.6 Å². The topological polar surface area (TPSA) is 104 Å². The summed E-state index contributed by atoms with van der Waals surface area (Å²) in [5.74, 6) is -3.14. The van der Waals surface area contributed by atoms with Crippen molar-refractivity contribution in [2.45, 2.75) is 18.4 Å². The molecule has 3 amide bonds. The van der Waals surface area contributed by atoms with Gasteiger partial charge in [0, 0.05) is 16.3 Å². The van der Waals surface area contributed by atoms with Crippen LogP contribution in [0.5, 0.6) is 0 Å². The van der Waals surface area contributed by atoms with Crippen LogP contribution in [0.2, 0.25) is 5.02 Å². The summed E-state index contributed by atoms with van der Waals surface area (Å²) in [5, 5.41) is 9.50. The third-order valence-electron chi connectivity index (χ3n) is 5.51. The number of ether oxygens (including phenoxy) is 1. The summed E-state index contributed by atoms with van der Waals surface area (Å²) >= 11 is 6.09. The van der Waals surface area contributed by atoms with Crippen molar-refractivity contribution in [2.75, 3.05) is 24.6 Å². The standard InChI is InChI=1S/C22H19ClN2O6/c23-15-6-7-17-16(10-15)22(21(30)25(17)12-19(27)28)11-18(26)24(20(22)29)8-9-31-13-14-4-2-1-3-5-14/h1-7,10H,8-9,11-13H2,(H,27,28). The zero-order valence-electron chi connectivity index (χ0n) is 16.4. The van der Waals surface area contributed by atoms with Gasteiger partial charge in [-0.1, -0.05) is 41.9 Å². The molecule has 8 nitrogen and oxygen atoms in total. The molecular formula is C22H19ClN2O6. The van der Waals surface area contributed by atoms with Gasteiger partial charge in [0.05, 0.1) is 26.2 Å². The second-order valence-corrected chi connectivity index (χ2v) is 7.85. The summed E-state index contributed by atoms with van der Waals surface area (Å²) in [6.07, 6.45) is -0.368. The lowest BCUT2D eigenvalue weighted by Crippen LogP contribution is -2.48. The normalized spacial score (nSPS) is 20.1. The van der Waals surface area contributed by atoms with Gasteiger partial charge in [-0.25, -0.2) is 0 Å². The van der Waals surface area contributed by atoms with Gasteiger partial charge >= 0.3 is 5.97 Å². The van der Waals surface area contributed by atoms with Crippen molar-refractivity contribution in [3.63, 3.8) is 0 Å². The van der Waals surface area contributed by atoms with Crippen LogP contribution in [0.25, 0.3) is 0 Å². The van der Waals surface area contributed by atoms with E-state index in [1.807, 2.05) is 30.3 Å². The number of likely N-dealkylation sites (tertiary alicyclic amines) is 1. The van der Waals surface area contributed by atoms with Crippen molar-refractivity contribution in [3.05, 3.63) is 64.7 Å². The number of aliphatic carboxylic acids is 1. The monoisotopic (exact) mass is 442 g/mol. The lowest BCUT2D eigenvalue weighted by molar-refractivity contribution is -0.143. The Morgan fingerprint density at radius 2 is 1.77 bits per heavy atom. The van der Waals surface area contributed by atoms with Crippen LogP contribution in [0.1, 0.15) is 17.5 Å². The Kier molecular flexibility index (Phi) is 5.51. The van der Waals surface area contributed by atoms with Crippen LogP contribution in [-0.4, -0.2) is 53.4 Å². The van der Waals surface area contributed by atoms with E-state index in [-0.39, 0.29) is 35.8 Å². The molecule has 1 N–H and O–H groups in total. The predicted molar refractivity (Wildman–Crippen MR) is 111 cm³/mol. The van der Waals surface area contributed by atoms with E-state index >= 15 is 0 Å². The summed E-state index contributed by atoms with van der Waals surface area (Å²) in [6.45, 7) is -0.185. The van der Waals surface area contributed by atoms with Crippen LogP contribution in [-0.2, 0) is 35.9 Å². The SMILES string of the molecule is O=C(O)CN1C(=O)C2(CC(=O)N(CCOCc3ccccc3)C2=O)c2cc(Cl)ccc21. The van der Waals surface area contributed by atoms with Gasteiger partial charge in [0.2, 0.25) is 17.7 Å². The number of carboxylic acids is 1. The molecule has 0 radical (unpaired) electrons. The van der Waals surface area contributed by atoms with E-state index in [1.165, 1.54) is 18.2 Å². The Bertz CT molecular complexity index is 1070. The number of rotatable bonds is 7. The number of carboxylic acid groups (broad SMARTS) is 1. The summed E-state index contributed by atoms with van der Waals surface area (Å²) in [5.41, 5.74) is -0.291. The predicted octanol–water partition coefficient (Wildman–Crippen LogP) is 1.98. The van der Waals surface area contributed by atoms with E-state index in [4.69, 9.17) is 16.3 Å². The number of benzene rings is 2. The Labute approximate surface area is 183 Å². The Morgan fingerprint density at radius 1 is 1.06 bits per heavy atom. The fourth-order valence-electron chi connectivity index (χ4n) is 4.10. The summed E-state index contributed by atoms with van der Waals surface area (Å²) in [7, 11) is 0. The average Bonchev–Trinajstić information content (AvgIpc) is 3.12. The van der Waals surface area contributed by atoms with E-state index in [0.717, 1.165) is 15.4 Å². The minimum absolute atomic E-state index is 0.00560. The fraction of sp³-hybridized carbons (Fsp3) is 0.273. The molecule has 0 aliphatic carbocycles. The van der Waals surface area contributed by atoms with Crippen LogP contribution in [0.15, 0.2) is 48.5 Å². The van der Waals surface area contributed by atoms with Crippen LogP contribution in [0.4, 0.5) is 5.69 Å². The Morgan fingerprint density at radius 3 is 2.48 bits per heavy atom. The van der Waals surface area contributed by atoms with Crippen molar-refractivity contribution in [1.29, 1.82) is 0 Å². The smallest absolute Gasteiger partial charge is 0.323 e. The number of hydrogen-bond acceptors (Lipinski definition) is 5. The number of imide groups is 1. The van der Waals surface area contributed by atoms with E-state index < -0.39 is 35.7 Å². The highest BCUT2D eigenvalue weighted by atomic mass is 35.5. The number of carbonyl (C=O) groups excluding carboxylic acids is 3. The van der Waals surface area contributed by atoms with Crippen molar-refractivity contribution in [3.8, 4) is 0 Å². The molecule has 9 heteroatoms. The molecule has 2 aliphatic rings. The van der Waals surface area contributed by atoms with Crippen molar-refractivity contribution in [2.24, 2.45) is 0 Å². The maximum Gasteiger partial charge on any atom is 0.323 e. The molecule has 160 valence electrons. The Balaban J connectivity index is 1.55. The van der Waals surface area contributed by atoms with Gasteiger partial charge in [-0.3, -0.25) is 29.0 Å². The molecule has 31 heavy (non-hydrogen) atoms. The third kappa shape index (κ3) is 3.58. The molecular weight excluding hydrogens is 424 g/mol. The minimum Gasteiger partial charge on any atom is -0.480 e. The quantitative estimate of drug-likeness (QED) is 0.399. The maximum atomic E-state index is 13.3. The average molecular weight is 443 g/mol. The van der Waals surface area contributed by atoms with E-state index in [9.17, 15) is 24.3 Å². The number of anilines is 1. The largest absolute Gasteiger partial charge is 0.480 e. The zero-order valence-corrected chi connectivity index (χ0v) is 17.2. The molecule has 1 spiro atoms. The molecule has 4 rings (SSSR count). The van der Waals surface area contributed by atoms with Gasteiger partial charge in [0.25, 0.3) is 0 Å². The van der Waals surface area contributed by atoms with Gasteiger partial charge in [-0.15, -0.1) is 0 Å².